The Labute approximate surface area is 149 Å². The third-order valence-electron chi connectivity index (χ3n) is 4.33. The van der Waals surface area contributed by atoms with E-state index in [4.69, 9.17) is 5.11 Å². The molecule has 6 heteroatoms. The molecule has 1 saturated heterocycles. The molecule has 1 N–H and O–H groups in total. The first-order valence-electron chi connectivity index (χ1n) is 7.95. The van der Waals surface area contributed by atoms with Crippen LogP contribution in [0, 0.1) is 12.7 Å². The maximum Gasteiger partial charge on any atom is 0.335 e. The number of hydrogen-bond acceptors (Lipinski definition) is 3. The second-order valence-electron chi connectivity index (χ2n) is 6.00. The molecule has 1 unspecified atom stereocenters. The van der Waals surface area contributed by atoms with Gasteiger partial charge in [-0.05, 0) is 54.3 Å². The van der Waals surface area contributed by atoms with Crippen LogP contribution in [0.25, 0.3) is 0 Å². The molecule has 2 aromatic rings. The summed E-state index contributed by atoms with van der Waals surface area (Å²) in [6.45, 7) is 2.42. The van der Waals surface area contributed by atoms with Crippen LogP contribution < -0.4 is 0 Å². The van der Waals surface area contributed by atoms with Crippen molar-refractivity contribution >= 4 is 23.6 Å². The number of nitrogens with zero attached hydrogens (tertiary/aromatic N) is 1. The quantitative estimate of drug-likeness (QED) is 0.885. The van der Waals surface area contributed by atoms with Crippen LogP contribution in [-0.4, -0.2) is 34.2 Å². The smallest absolute Gasteiger partial charge is 0.335 e. The van der Waals surface area contributed by atoms with Crippen molar-refractivity contribution in [1.29, 1.82) is 0 Å². The van der Waals surface area contributed by atoms with E-state index in [1.54, 1.807) is 30.3 Å². The van der Waals surface area contributed by atoms with Gasteiger partial charge in [-0.2, -0.15) is 0 Å². The molecular formula is C19H18FNO3S. The summed E-state index contributed by atoms with van der Waals surface area (Å²) < 4.78 is 13.1. The van der Waals surface area contributed by atoms with E-state index >= 15 is 0 Å². The molecular weight excluding hydrogens is 341 g/mol. The number of halogens is 1. The Bertz CT molecular complexity index is 807. The Morgan fingerprint density at radius 1 is 1.28 bits per heavy atom. The second-order valence-corrected chi connectivity index (χ2v) is 7.07. The highest BCUT2D eigenvalue weighted by atomic mass is 32.2. The molecule has 0 saturated carbocycles. The molecule has 3 rings (SSSR count). The number of carboxylic acids is 1. The van der Waals surface area contributed by atoms with Gasteiger partial charge in [-0.25, -0.2) is 9.18 Å². The third-order valence-corrected chi connectivity index (χ3v) is 5.59. The van der Waals surface area contributed by atoms with Crippen LogP contribution in [0.4, 0.5) is 4.39 Å². The summed E-state index contributed by atoms with van der Waals surface area (Å²) in [6.07, 6.45) is 0.649. The third kappa shape index (κ3) is 3.85. The number of aryl methyl sites for hydroxylation is 1. The monoisotopic (exact) mass is 359 g/mol. The second kappa shape index (κ2) is 7.27. The van der Waals surface area contributed by atoms with E-state index < -0.39 is 5.97 Å². The van der Waals surface area contributed by atoms with E-state index in [2.05, 4.69) is 0 Å². The lowest BCUT2D eigenvalue weighted by atomic mass is 10.0. The predicted octanol–water partition coefficient (Wildman–Crippen LogP) is 3.65. The minimum Gasteiger partial charge on any atom is -0.478 e. The predicted molar refractivity (Wildman–Crippen MR) is 95.2 cm³/mol. The number of hydrogen-bond donors (Lipinski definition) is 1. The number of carbonyl (C=O) groups excluding carboxylic acids is 1. The van der Waals surface area contributed by atoms with Gasteiger partial charge in [0.2, 0.25) is 5.91 Å². The van der Waals surface area contributed by atoms with Gasteiger partial charge in [0, 0.05) is 6.54 Å². The summed E-state index contributed by atoms with van der Waals surface area (Å²) in [5.74, 6) is -0.756. The zero-order valence-electron chi connectivity index (χ0n) is 13.7. The summed E-state index contributed by atoms with van der Waals surface area (Å²) in [5.41, 5.74) is 3.10. The zero-order chi connectivity index (χ0) is 18.0. The van der Waals surface area contributed by atoms with Gasteiger partial charge in [-0.1, -0.05) is 18.2 Å². The molecule has 1 fully saturated rings. The topological polar surface area (TPSA) is 57.6 Å². The average molecular weight is 359 g/mol. The molecule has 1 aliphatic rings. The van der Waals surface area contributed by atoms with E-state index in [1.807, 2.05) is 11.8 Å². The van der Waals surface area contributed by atoms with Crippen molar-refractivity contribution < 1.29 is 19.1 Å². The van der Waals surface area contributed by atoms with Crippen molar-refractivity contribution in [2.45, 2.75) is 18.7 Å². The SMILES string of the molecule is Cc1cc(C(=O)O)ccc1CCN1C(=O)CSC1c1ccc(F)cc1. The summed E-state index contributed by atoms with van der Waals surface area (Å²) in [6, 6.07) is 11.3. The summed E-state index contributed by atoms with van der Waals surface area (Å²) in [5, 5.41) is 8.93. The number of thioether (sulfide) groups is 1. The van der Waals surface area contributed by atoms with E-state index in [-0.39, 0.29) is 22.7 Å². The number of rotatable bonds is 5. The minimum absolute atomic E-state index is 0.0686. The fourth-order valence-electron chi connectivity index (χ4n) is 2.95. The van der Waals surface area contributed by atoms with Gasteiger partial charge < -0.3 is 10.0 Å². The van der Waals surface area contributed by atoms with Crippen molar-refractivity contribution in [1.82, 2.24) is 4.90 Å². The lowest BCUT2D eigenvalue weighted by Gasteiger charge is -2.24. The lowest BCUT2D eigenvalue weighted by Crippen LogP contribution is -2.30. The lowest BCUT2D eigenvalue weighted by molar-refractivity contribution is -0.128. The molecule has 1 atom stereocenters. The van der Waals surface area contributed by atoms with Gasteiger partial charge in [0.05, 0.1) is 11.3 Å². The molecule has 130 valence electrons. The van der Waals surface area contributed by atoms with Gasteiger partial charge in [0.25, 0.3) is 0 Å². The average Bonchev–Trinajstić information content (AvgIpc) is 2.95. The van der Waals surface area contributed by atoms with Gasteiger partial charge >= 0.3 is 5.97 Å². The molecule has 0 bridgehead atoms. The largest absolute Gasteiger partial charge is 0.478 e. The molecule has 1 heterocycles. The van der Waals surface area contributed by atoms with Crippen molar-refractivity contribution in [2.24, 2.45) is 0 Å². The summed E-state index contributed by atoms with van der Waals surface area (Å²) in [7, 11) is 0. The number of benzene rings is 2. The van der Waals surface area contributed by atoms with E-state index in [0.717, 1.165) is 16.7 Å². The van der Waals surface area contributed by atoms with E-state index in [9.17, 15) is 14.0 Å². The highest BCUT2D eigenvalue weighted by Crippen LogP contribution is 2.38. The number of carboxylic acid groups (broad SMARTS) is 1. The molecule has 2 aromatic carbocycles. The van der Waals surface area contributed by atoms with E-state index in [1.165, 1.54) is 23.9 Å². The van der Waals surface area contributed by atoms with Crippen LogP contribution in [0.2, 0.25) is 0 Å². The van der Waals surface area contributed by atoms with Gasteiger partial charge in [0.15, 0.2) is 0 Å². The Morgan fingerprint density at radius 3 is 2.64 bits per heavy atom. The standard InChI is InChI=1S/C19H18FNO3S/c1-12-10-15(19(23)24)3-2-13(12)8-9-21-17(22)11-25-18(21)14-4-6-16(20)7-5-14/h2-7,10,18H,8-9,11H2,1H3,(H,23,24). The van der Waals surface area contributed by atoms with Crippen molar-refractivity contribution in [2.75, 3.05) is 12.3 Å². The van der Waals surface area contributed by atoms with Crippen molar-refractivity contribution in [3.63, 3.8) is 0 Å². The van der Waals surface area contributed by atoms with Crippen LogP contribution in [0.1, 0.15) is 32.4 Å². The molecule has 0 aromatic heterocycles. The molecule has 1 aliphatic heterocycles. The normalized spacial score (nSPS) is 17.1. The van der Waals surface area contributed by atoms with Crippen LogP contribution in [0.5, 0.6) is 0 Å². The Hall–Kier alpha value is -2.34. The first-order valence-corrected chi connectivity index (χ1v) is 9.00. The Balaban J connectivity index is 1.73. The van der Waals surface area contributed by atoms with E-state index in [0.29, 0.717) is 18.7 Å². The van der Waals surface area contributed by atoms with Crippen LogP contribution in [0.3, 0.4) is 0 Å². The number of aromatic carboxylic acids is 1. The van der Waals surface area contributed by atoms with Crippen molar-refractivity contribution in [3.8, 4) is 0 Å². The first kappa shape index (κ1) is 17.5. The van der Waals surface area contributed by atoms with Gasteiger partial charge in [-0.15, -0.1) is 11.8 Å². The maximum absolute atomic E-state index is 13.1. The Morgan fingerprint density at radius 2 is 2.00 bits per heavy atom. The maximum atomic E-state index is 13.1. The zero-order valence-corrected chi connectivity index (χ0v) is 14.6. The number of amides is 1. The Kier molecular flexibility index (Phi) is 5.08. The minimum atomic E-state index is -0.947. The fourth-order valence-corrected chi connectivity index (χ4v) is 4.17. The molecule has 4 nitrogen and oxygen atoms in total. The highest BCUT2D eigenvalue weighted by molar-refractivity contribution is 8.00. The van der Waals surface area contributed by atoms with Gasteiger partial charge in [0.1, 0.15) is 11.2 Å². The molecule has 1 amide bonds. The number of carbonyl (C=O) groups is 2. The summed E-state index contributed by atoms with van der Waals surface area (Å²) in [4.78, 5) is 25.1. The summed E-state index contributed by atoms with van der Waals surface area (Å²) >= 11 is 1.54. The molecule has 0 radical (unpaired) electrons. The molecule has 0 aliphatic carbocycles. The molecule has 0 spiro atoms. The van der Waals surface area contributed by atoms with Crippen LogP contribution in [0.15, 0.2) is 42.5 Å². The highest BCUT2D eigenvalue weighted by Gasteiger charge is 2.32. The van der Waals surface area contributed by atoms with Crippen LogP contribution in [-0.2, 0) is 11.2 Å². The van der Waals surface area contributed by atoms with Crippen molar-refractivity contribution in [3.05, 3.63) is 70.5 Å². The first-order chi connectivity index (χ1) is 12.0. The molecule has 25 heavy (non-hydrogen) atoms. The van der Waals surface area contributed by atoms with Gasteiger partial charge in [-0.3, -0.25) is 4.79 Å². The van der Waals surface area contributed by atoms with Crippen LogP contribution >= 0.6 is 11.8 Å². The fraction of sp³-hybridized carbons (Fsp3) is 0.263.